The molecule has 1 atom stereocenters. The number of esters is 1. The van der Waals surface area contributed by atoms with Crippen LogP contribution in [0.25, 0.3) is 0 Å². The maximum absolute atomic E-state index is 11.4. The van der Waals surface area contributed by atoms with Gasteiger partial charge in [-0.3, -0.25) is 9.36 Å². The van der Waals surface area contributed by atoms with Crippen LogP contribution in [0.2, 0.25) is 0 Å². The summed E-state index contributed by atoms with van der Waals surface area (Å²) in [5.74, 6) is -0.967. The Morgan fingerprint density at radius 1 is 1.33 bits per heavy atom. The zero-order valence-electron chi connectivity index (χ0n) is 10.2. The Bertz CT molecular complexity index is 425. The fourth-order valence-electron chi connectivity index (χ4n) is 1.72. The van der Waals surface area contributed by atoms with Gasteiger partial charge in [0, 0.05) is 5.92 Å². The number of carbonyl (C=O) groups is 1. The minimum absolute atomic E-state index is 0.0248. The average Bonchev–Trinajstić information content (AvgIpc) is 2.28. The zero-order valence-corrected chi connectivity index (χ0v) is 11.0. The molecule has 0 aliphatic rings. The van der Waals surface area contributed by atoms with Crippen LogP contribution in [0.4, 0.5) is 0 Å². The predicted octanol–water partition coefficient (Wildman–Crippen LogP) is 1.90. The van der Waals surface area contributed by atoms with Crippen LogP contribution in [0.3, 0.4) is 0 Å². The lowest BCUT2D eigenvalue weighted by Gasteiger charge is -2.17. The molecule has 1 aromatic carbocycles. The molecule has 0 saturated heterocycles. The van der Waals surface area contributed by atoms with Crippen molar-refractivity contribution in [2.75, 3.05) is 12.8 Å². The molecule has 2 N–H and O–H groups in total. The maximum atomic E-state index is 11.4. The number of benzene rings is 1. The van der Waals surface area contributed by atoms with Gasteiger partial charge in [0.1, 0.15) is 0 Å². The van der Waals surface area contributed by atoms with Crippen LogP contribution < -0.4 is 0 Å². The molecule has 0 fully saturated rings. The summed E-state index contributed by atoms with van der Waals surface area (Å²) in [6.45, 7) is 1.95. The molecule has 0 aromatic heterocycles. The van der Waals surface area contributed by atoms with E-state index >= 15 is 0 Å². The van der Waals surface area contributed by atoms with Crippen LogP contribution in [0.1, 0.15) is 24.8 Å². The van der Waals surface area contributed by atoms with E-state index in [4.69, 9.17) is 14.5 Å². The van der Waals surface area contributed by atoms with Gasteiger partial charge in [0.25, 0.3) is 0 Å². The van der Waals surface area contributed by atoms with Gasteiger partial charge in [-0.2, -0.15) is 0 Å². The first kappa shape index (κ1) is 14.9. The van der Waals surface area contributed by atoms with Crippen LogP contribution in [0.5, 0.6) is 0 Å². The summed E-state index contributed by atoms with van der Waals surface area (Å²) in [4.78, 5) is 29.5. The van der Waals surface area contributed by atoms with E-state index in [1.807, 2.05) is 6.07 Å². The molecular weight excluding hydrogens is 255 g/mol. The van der Waals surface area contributed by atoms with Gasteiger partial charge in [0.2, 0.25) is 0 Å². The first-order valence-corrected chi connectivity index (χ1v) is 7.47. The fraction of sp³-hybridized carbons (Fsp3) is 0.417. The Kier molecular flexibility index (Phi) is 5.54. The molecule has 6 heteroatoms. The van der Waals surface area contributed by atoms with Crippen molar-refractivity contribution in [3.8, 4) is 0 Å². The Hall–Kier alpha value is -1.16. The lowest BCUT2D eigenvalue weighted by molar-refractivity contribution is -0.143. The van der Waals surface area contributed by atoms with E-state index < -0.39 is 19.5 Å². The van der Waals surface area contributed by atoms with Gasteiger partial charge in [-0.05, 0) is 12.5 Å². The molecular formula is C12H17O5P. The topological polar surface area (TPSA) is 83.8 Å². The van der Waals surface area contributed by atoms with E-state index in [0.717, 1.165) is 5.56 Å². The van der Waals surface area contributed by atoms with Gasteiger partial charge in [-0.25, -0.2) is 0 Å². The molecule has 100 valence electrons. The number of carbonyl (C=O) groups excluding carboxylic acids is 1. The van der Waals surface area contributed by atoms with Crippen molar-refractivity contribution in [2.45, 2.75) is 19.3 Å². The number of hydrogen-bond acceptors (Lipinski definition) is 3. The van der Waals surface area contributed by atoms with Crippen molar-refractivity contribution in [1.82, 2.24) is 0 Å². The van der Waals surface area contributed by atoms with Gasteiger partial charge in [0.05, 0.1) is 19.2 Å². The Labute approximate surface area is 106 Å². The largest absolute Gasteiger partial charge is 0.466 e. The molecule has 1 aromatic rings. The monoisotopic (exact) mass is 272 g/mol. The summed E-state index contributed by atoms with van der Waals surface area (Å²) in [5.41, 5.74) is 0.730. The van der Waals surface area contributed by atoms with E-state index in [0.29, 0.717) is 0 Å². The summed E-state index contributed by atoms with van der Waals surface area (Å²) in [6, 6.07) is 8.85. The quantitative estimate of drug-likeness (QED) is 0.610. The lowest BCUT2D eigenvalue weighted by atomic mass is 9.98. The highest BCUT2D eigenvalue weighted by Crippen LogP contribution is 2.41. The second-order valence-corrected chi connectivity index (χ2v) is 5.66. The molecule has 0 aliphatic heterocycles. The molecule has 1 unspecified atom stereocenters. The fourth-order valence-corrected chi connectivity index (χ4v) is 2.64. The van der Waals surface area contributed by atoms with E-state index in [1.54, 1.807) is 31.2 Å². The molecule has 18 heavy (non-hydrogen) atoms. The van der Waals surface area contributed by atoms with Crippen LogP contribution in [-0.4, -0.2) is 28.5 Å². The highest BCUT2D eigenvalue weighted by atomic mass is 31.2. The van der Waals surface area contributed by atoms with E-state index in [2.05, 4.69) is 0 Å². The Morgan fingerprint density at radius 2 is 1.94 bits per heavy atom. The summed E-state index contributed by atoms with van der Waals surface area (Å²) in [5, 5.41) is 0. The molecule has 0 amide bonds. The van der Waals surface area contributed by atoms with Crippen LogP contribution in [0, 0.1) is 0 Å². The highest BCUT2D eigenvalue weighted by Gasteiger charge is 2.25. The predicted molar refractivity (Wildman–Crippen MR) is 67.3 cm³/mol. The number of rotatable bonds is 6. The third kappa shape index (κ3) is 5.45. The van der Waals surface area contributed by atoms with E-state index in [9.17, 15) is 9.36 Å². The SMILES string of the molecule is CCOC(=O)CC(CP(=O)(O)O)c1ccccc1. The summed E-state index contributed by atoms with van der Waals surface area (Å²) in [6.07, 6.45) is -0.376. The maximum Gasteiger partial charge on any atom is 0.326 e. The van der Waals surface area contributed by atoms with Gasteiger partial charge >= 0.3 is 13.6 Å². The lowest BCUT2D eigenvalue weighted by Crippen LogP contribution is -2.13. The Morgan fingerprint density at radius 3 is 2.44 bits per heavy atom. The minimum atomic E-state index is -4.17. The highest BCUT2D eigenvalue weighted by molar-refractivity contribution is 7.51. The normalized spacial score (nSPS) is 13.1. The molecule has 0 heterocycles. The molecule has 0 saturated carbocycles. The molecule has 1 rings (SSSR count). The van der Waals surface area contributed by atoms with E-state index in [-0.39, 0.29) is 19.2 Å². The minimum Gasteiger partial charge on any atom is -0.466 e. The molecule has 0 spiro atoms. The Balaban J connectivity index is 2.82. The van der Waals surface area contributed by atoms with Crippen molar-refractivity contribution in [2.24, 2.45) is 0 Å². The van der Waals surface area contributed by atoms with Crippen molar-refractivity contribution in [1.29, 1.82) is 0 Å². The van der Waals surface area contributed by atoms with Gasteiger partial charge < -0.3 is 14.5 Å². The summed E-state index contributed by atoms with van der Waals surface area (Å²) < 4.78 is 15.9. The van der Waals surface area contributed by atoms with Crippen LogP contribution in [-0.2, 0) is 14.1 Å². The van der Waals surface area contributed by atoms with Crippen molar-refractivity contribution in [3.05, 3.63) is 35.9 Å². The van der Waals surface area contributed by atoms with Gasteiger partial charge in [-0.15, -0.1) is 0 Å². The van der Waals surface area contributed by atoms with Crippen molar-refractivity contribution < 1.29 is 23.9 Å². The second kappa shape index (κ2) is 6.69. The first-order chi connectivity index (χ1) is 8.42. The van der Waals surface area contributed by atoms with E-state index in [1.165, 1.54) is 0 Å². The number of hydrogen-bond donors (Lipinski definition) is 2. The summed E-state index contributed by atoms with van der Waals surface area (Å²) in [7, 11) is -4.17. The zero-order chi connectivity index (χ0) is 13.6. The van der Waals surface area contributed by atoms with Crippen LogP contribution in [0.15, 0.2) is 30.3 Å². The van der Waals surface area contributed by atoms with Gasteiger partial charge in [0.15, 0.2) is 0 Å². The molecule has 0 radical (unpaired) electrons. The first-order valence-electron chi connectivity index (χ1n) is 5.67. The molecule has 0 bridgehead atoms. The van der Waals surface area contributed by atoms with Crippen molar-refractivity contribution >= 4 is 13.6 Å². The molecule has 0 aliphatic carbocycles. The number of ether oxygens (including phenoxy) is 1. The molecule has 5 nitrogen and oxygen atoms in total. The average molecular weight is 272 g/mol. The standard InChI is InChI=1S/C12H17O5P/c1-2-17-12(13)8-11(9-18(14,15)16)10-6-4-3-5-7-10/h3-7,11H,2,8-9H2,1H3,(H2,14,15,16). The third-order valence-corrected chi connectivity index (χ3v) is 3.36. The second-order valence-electron chi connectivity index (χ2n) is 3.96. The third-order valence-electron chi connectivity index (χ3n) is 2.45. The smallest absolute Gasteiger partial charge is 0.326 e. The van der Waals surface area contributed by atoms with Crippen molar-refractivity contribution in [3.63, 3.8) is 0 Å². The van der Waals surface area contributed by atoms with Crippen LogP contribution >= 0.6 is 7.60 Å². The summed E-state index contributed by atoms with van der Waals surface area (Å²) >= 11 is 0. The van der Waals surface area contributed by atoms with Gasteiger partial charge in [-0.1, -0.05) is 30.3 Å².